The van der Waals surface area contributed by atoms with Gasteiger partial charge in [0, 0.05) is 19.4 Å². The van der Waals surface area contributed by atoms with Crippen LogP contribution in [0.2, 0.25) is 0 Å². The molecule has 0 aromatic carbocycles. The highest BCUT2D eigenvalue weighted by Crippen LogP contribution is 2.34. The Hall–Kier alpha value is -0.840. The normalized spacial score (nSPS) is 17.0. The summed E-state index contributed by atoms with van der Waals surface area (Å²) < 4.78 is 3.01. The van der Waals surface area contributed by atoms with Gasteiger partial charge in [0.05, 0.1) is 12.1 Å². The second-order valence-corrected chi connectivity index (χ2v) is 5.75. The van der Waals surface area contributed by atoms with Gasteiger partial charge in [-0.1, -0.05) is 19.3 Å². The van der Waals surface area contributed by atoms with Gasteiger partial charge < -0.3 is 9.67 Å². The molecule has 1 aliphatic carbocycles. The minimum atomic E-state index is -0.772. The van der Waals surface area contributed by atoms with Crippen molar-refractivity contribution in [2.24, 2.45) is 7.05 Å². The smallest absolute Gasteiger partial charge is 0.303 e. The van der Waals surface area contributed by atoms with E-state index in [1.165, 1.54) is 32.1 Å². The third-order valence-electron chi connectivity index (χ3n) is 3.67. The van der Waals surface area contributed by atoms with Crippen LogP contribution in [-0.4, -0.2) is 20.6 Å². The number of carboxylic acid groups (broad SMARTS) is 1. The van der Waals surface area contributed by atoms with Crippen molar-refractivity contribution in [2.45, 2.75) is 50.9 Å². The van der Waals surface area contributed by atoms with Gasteiger partial charge in [0.25, 0.3) is 0 Å². The molecular weight excluding hydrogens is 296 g/mol. The monoisotopic (exact) mass is 314 g/mol. The number of hydrogen-bond acceptors (Lipinski definition) is 2. The van der Waals surface area contributed by atoms with Gasteiger partial charge in [-0.25, -0.2) is 4.98 Å². The Morgan fingerprint density at radius 3 is 2.72 bits per heavy atom. The van der Waals surface area contributed by atoms with Crippen molar-refractivity contribution in [3.8, 4) is 0 Å². The molecule has 18 heavy (non-hydrogen) atoms. The summed E-state index contributed by atoms with van der Waals surface area (Å²) in [5, 5.41) is 8.74. The molecule has 0 atom stereocenters. The fourth-order valence-electron chi connectivity index (χ4n) is 2.66. The van der Waals surface area contributed by atoms with Crippen molar-refractivity contribution in [3.63, 3.8) is 0 Å². The first-order chi connectivity index (χ1) is 8.59. The van der Waals surface area contributed by atoms with Gasteiger partial charge in [-0.3, -0.25) is 4.79 Å². The molecule has 0 bridgehead atoms. The number of aliphatic carboxylic acids is 1. The third kappa shape index (κ3) is 2.94. The highest BCUT2D eigenvalue weighted by atomic mass is 79.9. The summed E-state index contributed by atoms with van der Waals surface area (Å²) in [5.41, 5.74) is 0.875. The fraction of sp³-hybridized carbons (Fsp3) is 0.692. The van der Waals surface area contributed by atoms with Gasteiger partial charge in [-0.2, -0.15) is 0 Å². The molecule has 5 heteroatoms. The molecule has 1 aromatic heterocycles. The standard InChI is InChI=1S/C13H19BrN2O2/c1-16-12(14)10(7-8-11(17)18)15-13(16)9-5-3-2-4-6-9/h9H,2-8H2,1H3,(H,17,18). The molecule has 0 saturated heterocycles. The second kappa shape index (κ2) is 5.87. The highest BCUT2D eigenvalue weighted by molar-refractivity contribution is 9.10. The Morgan fingerprint density at radius 2 is 2.11 bits per heavy atom. The van der Waals surface area contributed by atoms with E-state index in [4.69, 9.17) is 5.11 Å². The SMILES string of the molecule is Cn1c(C2CCCCC2)nc(CCC(=O)O)c1Br. The maximum Gasteiger partial charge on any atom is 0.303 e. The molecule has 4 nitrogen and oxygen atoms in total. The Bertz CT molecular complexity index is 436. The van der Waals surface area contributed by atoms with Crippen molar-refractivity contribution in [3.05, 3.63) is 16.1 Å². The number of aryl methyl sites for hydroxylation is 1. The predicted molar refractivity (Wildman–Crippen MR) is 72.7 cm³/mol. The van der Waals surface area contributed by atoms with E-state index in [0.29, 0.717) is 12.3 Å². The maximum absolute atomic E-state index is 10.6. The van der Waals surface area contributed by atoms with Crippen LogP contribution >= 0.6 is 15.9 Å². The number of hydrogen-bond donors (Lipinski definition) is 1. The molecular formula is C13H19BrN2O2. The highest BCUT2D eigenvalue weighted by Gasteiger charge is 2.22. The molecule has 1 heterocycles. The van der Waals surface area contributed by atoms with Crippen molar-refractivity contribution in [1.82, 2.24) is 9.55 Å². The van der Waals surface area contributed by atoms with Crippen LogP contribution < -0.4 is 0 Å². The molecule has 0 aliphatic heterocycles. The number of imidazole rings is 1. The van der Waals surface area contributed by atoms with E-state index in [2.05, 4.69) is 25.5 Å². The van der Waals surface area contributed by atoms with E-state index in [-0.39, 0.29) is 6.42 Å². The van der Waals surface area contributed by atoms with Crippen LogP contribution in [0.15, 0.2) is 4.60 Å². The number of nitrogens with zero attached hydrogens (tertiary/aromatic N) is 2. The molecule has 0 radical (unpaired) electrons. The van der Waals surface area contributed by atoms with Gasteiger partial charge in [0.15, 0.2) is 0 Å². The van der Waals surface area contributed by atoms with Gasteiger partial charge >= 0.3 is 5.97 Å². The van der Waals surface area contributed by atoms with E-state index in [1.807, 2.05) is 7.05 Å². The van der Waals surface area contributed by atoms with Crippen molar-refractivity contribution in [1.29, 1.82) is 0 Å². The lowest BCUT2D eigenvalue weighted by molar-refractivity contribution is -0.136. The largest absolute Gasteiger partial charge is 0.481 e. The average molecular weight is 315 g/mol. The molecule has 2 rings (SSSR count). The number of aromatic nitrogens is 2. The third-order valence-corrected chi connectivity index (χ3v) is 4.66. The minimum Gasteiger partial charge on any atom is -0.481 e. The van der Waals surface area contributed by atoms with Gasteiger partial charge in [-0.05, 0) is 28.8 Å². The van der Waals surface area contributed by atoms with Gasteiger partial charge in [0.2, 0.25) is 0 Å². The molecule has 1 N–H and O–H groups in total. The zero-order valence-electron chi connectivity index (χ0n) is 10.7. The van der Waals surface area contributed by atoms with E-state index >= 15 is 0 Å². The van der Waals surface area contributed by atoms with Crippen LogP contribution in [0.1, 0.15) is 56.0 Å². The zero-order chi connectivity index (χ0) is 13.1. The lowest BCUT2D eigenvalue weighted by Crippen LogP contribution is -2.10. The Labute approximate surface area is 116 Å². The lowest BCUT2D eigenvalue weighted by atomic mass is 9.89. The summed E-state index contributed by atoms with van der Waals surface area (Å²) in [7, 11) is 2.01. The average Bonchev–Trinajstić information content (AvgIpc) is 2.65. The molecule has 100 valence electrons. The number of carbonyl (C=O) groups is 1. The molecule has 1 saturated carbocycles. The Kier molecular flexibility index (Phi) is 4.43. The van der Waals surface area contributed by atoms with Crippen LogP contribution in [0, 0.1) is 0 Å². The number of rotatable bonds is 4. The summed E-state index contributed by atoms with van der Waals surface area (Å²) in [6, 6.07) is 0. The summed E-state index contributed by atoms with van der Waals surface area (Å²) >= 11 is 3.53. The van der Waals surface area contributed by atoms with E-state index in [0.717, 1.165) is 16.1 Å². The Balaban J connectivity index is 2.15. The Morgan fingerprint density at radius 1 is 1.44 bits per heavy atom. The van der Waals surface area contributed by atoms with E-state index in [1.54, 1.807) is 0 Å². The topological polar surface area (TPSA) is 55.1 Å². The molecule has 1 fully saturated rings. The summed E-state index contributed by atoms with van der Waals surface area (Å²) in [6.45, 7) is 0. The summed E-state index contributed by atoms with van der Waals surface area (Å²) in [5.74, 6) is 0.882. The van der Waals surface area contributed by atoms with Crippen LogP contribution in [0.3, 0.4) is 0 Å². The van der Waals surface area contributed by atoms with Crippen LogP contribution in [0.5, 0.6) is 0 Å². The van der Waals surface area contributed by atoms with Crippen LogP contribution in [0.25, 0.3) is 0 Å². The van der Waals surface area contributed by atoms with Crippen molar-refractivity contribution < 1.29 is 9.90 Å². The number of carboxylic acids is 1. The van der Waals surface area contributed by atoms with Crippen LogP contribution in [-0.2, 0) is 18.3 Å². The zero-order valence-corrected chi connectivity index (χ0v) is 12.2. The predicted octanol–water partition coefficient (Wildman–Crippen LogP) is 3.25. The van der Waals surface area contributed by atoms with Crippen molar-refractivity contribution in [2.75, 3.05) is 0 Å². The summed E-state index contributed by atoms with van der Waals surface area (Å²) in [4.78, 5) is 15.3. The van der Waals surface area contributed by atoms with E-state index < -0.39 is 5.97 Å². The molecule has 1 aromatic rings. The van der Waals surface area contributed by atoms with Crippen molar-refractivity contribution >= 4 is 21.9 Å². The molecule has 1 aliphatic rings. The van der Waals surface area contributed by atoms with E-state index in [9.17, 15) is 4.79 Å². The number of halogens is 1. The quantitative estimate of drug-likeness (QED) is 0.928. The first kappa shape index (κ1) is 13.6. The first-order valence-corrected chi connectivity index (χ1v) is 7.31. The van der Waals surface area contributed by atoms with Gasteiger partial charge in [0.1, 0.15) is 10.4 Å². The maximum atomic E-state index is 10.6. The molecule has 0 unspecified atom stereocenters. The fourth-order valence-corrected chi connectivity index (χ4v) is 3.13. The van der Waals surface area contributed by atoms with Crippen LogP contribution in [0.4, 0.5) is 0 Å². The van der Waals surface area contributed by atoms with Gasteiger partial charge in [-0.15, -0.1) is 0 Å². The first-order valence-electron chi connectivity index (χ1n) is 6.52. The lowest BCUT2D eigenvalue weighted by Gasteiger charge is -2.21. The summed E-state index contributed by atoms with van der Waals surface area (Å²) in [6.07, 6.45) is 6.93. The second-order valence-electron chi connectivity index (χ2n) is 5.00. The molecule has 0 spiro atoms. The molecule has 0 amide bonds. The minimum absolute atomic E-state index is 0.139.